The number of para-hydroxylation sites is 1. The normalized spacial score (nSPS) is 23.0. The van der Waals surface area contributed by atoms with Crippen molar-refractivity contribution in [2.24, 2.45) is 7.05 Å². The number of fused-ring (bicyclic) bond motifs is 1. The quantitative estimate of drug-likeness (QED) is 0.937. The Labute approximate surface area is 130 Å². The average Bonchev–Trinajstić information content (AvgIpc) is 2.54. The number of hydrogen-bond acceptors (Lipinski definition) is 4. The highest BCUT2D eigenvalue weighted by Crippen LogP contribution is 2.24. The molecular formula is C17H23N3O2. The van der Waals surface area contributed by atoms with Gasteiger partial charge in [0.05, 0.1) is 24.1 Å². The van der Waals surface area contributed by atoms with Gasteiger partial charge in [0, 0.05) is 19.1 Å². The summed E-state index contributed by atoms with van der Waals surface area (Å²) in [5.41, 5.74) is 0.733. The molecule has 22 heavy (non-hydrogen) atoms. The number of benzene rings is 1. The van der Waals surface area contributed by atoms with Crippen LogP contribution in [0.25, 0.3) is 10.9 Å². The molecule has 5 nitrogen and oxygen atoms in total. The third kappa shape index (κ3) is 2.66. The summed E-state index contributed by atoms with van der Waals surface area (Å²) in [5, 5.41) is 10.3. The number of hydrogen-bond donors (Lipinski definition) is 1. The minimum Gasteiger partial charge on any atom is -0.395 e. The van der Waals surface area contributed by atoms with E-state index in [2.05, 4.69) is 16.8 Å². The molecule has 1 aromatic carbocycles. The van der Waals surface area contributed by atoms with E-state index in [1.807, 2.05) is 24.3 Å². The fraction of sp³-hybridized carbons (Fsp3) is 0.529. The molecule has 0 aliphatic carbocycles. The Morgan fingerprint density at radius 3 is 2.86 bits per heavy atom. The predicted molar refractivity (Wildman–Crippen MR) is 86.7 cm³/mol. The maximum absolute atomic E-state index is 12.5. The van der Waals surface area contributed by atoms with Crippen LogP contribution in [0.5, 0.6) is 0 Å². The van der Waals surface area contributed by atoms with Gasteiger partial charge < -0.3 is 5.11 Å². The Morgan fingerprint density at radius 2 is 2.09 bits per heavy atom. The van der Waals surface area contributed by atoms with Gasteiger partial charge in [-0.05, 0) is 31.9 Å². The summed E-state index contributed by atoms with van der Waals surface area (Å²) in [4.78, 5) is 19.4. The van der Waals surface area contributed by atoms with Crippen LogP contribution in [0.1, 0.15) is 32.0 Å². The molecule has 2 unspecified atom stereocenters. The molecule has 2 heterocycles. The van der Waals surface area contributed by atoms with E-state index in [9.17, 15) is 9.90 Å². The number of rotatable bonds is 3. The van der Waals surface area contributed by atoms with Gasteiger partial charge in [-0.2, -0.15) is 0 Å². The molecule has 1 aliphatic heterocycles. The Morgan fingerprint density at radius 1 is 1.32 bits per heavy atom. The first kappa shape index (κ1) is 15.2. The van der Waals surface area contributed by atoms with Gasteiger partial charge in [-0.1, -0.05) is 18.6 Å². The second-order valence-electron chi connectivity index (χ2n) is 6.20. The summed E-state index contributed by atoms with van der Waals surface area (Å²) in [7, 11) is 1.78. The van der Waals surface area contributed by atoms with E-state index in [0.717, 1.165) is 30.6 Å². The van der Waals surface area contributed by atoms with Gasteiger partial charge in [0.25, 0.3) is 5.56 Å². The summed E-state index contributed by atoms with van der Waals surface area (Å²) in [6.45, 7) is 2.94. The smallest absolute Gasteiger partial charge is 0.261 e. The van der Waals surface area contributed by atoms with E-state index in [4.69, 9.17) is 0 Å². The van der Waals surface area contributed by atoms with Crippen LogP contribution in [0.4, 0.5) is 0 Å². The summed E-state index contributed by atoms with van der Waals surface area (Å²) in [6.07, 6.45) is 3.27. The van der Waals surface area contributed by atoms with Crippen molar-refractivity contribution >= 4 is 10.9 Å². The standard InChI is InChI=1S/C17H23N3O2/c1-12-6-5-7-13(11-21)20(12)10-16-18-15-9-4-3-8-14(15)17(22)19(16)2/h3-4,8-9,12-13,21H,5-7,10-11H2,1-2H3. The zero-order valence-corrected chi connectivity index (χ0v) is 13.2. The van der Waals surface area contributed by atoms with Gasteiger partial charge >= 0.3 is 0 Å². The van der Waals surface area contributed by atoms with E-state index >= 15 is 0 Å². The van der Waals surface area contributed by atoms with Crippen LogP contribution >= 0.6 is 0 Å². The summed E-state index contributed by atoms with van der Waals surface area (Å²) >= 11 is 0. The van der Waals surface area contributed by atoms with Crippen molar-refractivity contribution in [2.45, 2.75) is 44.8 Å². The molecule has 1 aliphatic rings. The van der Waals surface area contributed by atoms with Gasteiger partial charge in [0.15, 0.2) is 0 Å². The van der Waals surface area contributed by atoms with Gasteiger partial charge in [0.1, 0.15) is 5.82 Å². The van der Waals surface area contributed by atoms with Crippen LogP contribution in [0.3, 0.4) is 0 Å². The lowest BCUT2D eigenvalue weighted by Gasteiger charge is -2.39. The van der Waals surface area contributed by atoms with Crippen molar-refractivity contribution in [1.29, 1.82) is 0 Å². The Balaban J connectivity index is 1.99. The van der Waals surface area contributed by atoms with Crippen molar-refractivity contribution in [3.05, 3.63) is 40.4 Å². The topological polar surface area (TPSA) is 58.4 Å². The van der Waals surface area contributed by atoms with Crippen LogP contribution in [-0.4, -0.2) is 38.2 Å². The Hall–Kier alpha value is -1.72. The fourth-order valence-corrected chi connectivity index (χ4v) is 3.39. The monoisotopic (exact) mass is 301 g/mol. The molecule has 1 aromatic heterocycles. The zero-order valence-electron chi connectivity index (χ0n) is 13.2. The minimum absolute atomic E-state index is 0.00851. The molecular weight excluding hydrogens is 278 g/mol. The van der Waals surface area contributed by atoms with E-state index in [0.29, 0.717) is 18.0 Å². The maximum atomic E-state index is 12.5. The zero-order chi connectivity index (χ0) is 15.7. The predicted octanol–water partition coefficient (Wildman–Crippen LogP) is 1.67. The lowest BCUT2D eigenvalue weighted by atomic mass is 9.97. The molecule has 0 bridgehead atoms. The fourth-order valence-electron chi connectivity index (χ4n) is 3.39. The van der Waals surface area contributed by atoms with Gasteiger partial charge in [-0.25, -0.2) is 4.98 Å². The van der Waals surface area contributed by atoms with E-state index < -0.39 is 0 Å². The SMILES string of the molecule is CC1CCCC(CO)N1Cc1nc2ccccc2c(=O)n1C. The van der Waals surface area contributed by atoms with E-state index in [1.54, 1.807) is 11.6 Å². The lowest BCUT2D eigenvalue weighted by Crippen LogP contribution is -2.47. The molecule has 1 fully saturated rings. The molecule has 0 radical (unpaired) electrons. The summed E-state index contributed by atoms with van der Waals surface area (Å²) in [5.74, 6) is 0.760. The maximum Gasteiger partial charge on any atom is 0.261 e. The Bertz CT molecular complexity index is 725. The molecule has 0 saturated carbocycles. The third-order valence-electron chi connectivity index (χ3n) is 4.80. The first-order chi connectivity index (χ1) is 10.6. The summed E-state index contributed by atoms with van der Waals surface area (Å²) < 4.78 is 1.64. The second kappa shape index (κ2) is 6.18. The Kier molecular flexibility index (Phi) is 4.27. The van der Waals surface area contributed by atoms with E-state index in [1.165, 1.54) is 0 Å². The van der Waals surface area contributed by atoms with Gasteiger partial charge in [-0.3, -0.25) is 14.3 Å². The van der Waals surface area contributed by atoms with Crippen LogP contribution in [0.2, 0.25) is 0 Å². The number of likely N-dealkylation sites (tertiary alicyclic amines) is 1. The third-order valence-corrected chi connectivity index (χ3v) is 4.80. The first-order valence-corrected chi connectivity index (χ1v) is 7.93. The molecule has 1 N–H and O–H groups in total. The highest BCUT2D eigenvalue weighted by Gasteiger charge is 2.28. The molecule has 0 amide bonds. The van der Waals surface area contributed by atoms with Crippen LogP contribution < -0.4 is 5.56 Å². The average molecular weight is 301 g/mol. The second-order valence-corrected chi connectivity index (χ2v) is 6.20. The molecule has 5 heteroatoms. The van der Waals surface area contributed by atoms with Crippen LogP contribution in [0.15, 0.2) is 29.1 Å². The first-order valence-electron chi connectivity index (χ1n) is 7.93. The number of aliphatic hydroxyl groups is 1. The number of nitrogens with zero attached hydrogens (tertiary/aromatic N) is 3. The van der Waals surface area contributed by atoms with Crippen molar-refractivity contribution < 1.29 is 5.11 Å². The number of aromatic nitrogens is 2. The molecule has 2 atom stereocenters. The largest absolute Gasteiger partial charge is 0.395 e. The van der Waals surface area contributed by atoms with E-state index in [-0.39, 0.29) is 18.2 Å². The van der Waals surface area contributed by atoms with Crippen LogP contribution in [-0.2, 0) is 13.6 Å². The minimum atomic E-state index is -0.00851. The molecule has 1 saturated heterocycles. The van der Waals surface area contributed by atoms with Crippen molar-refractivity contribution in [3.8, 4) is 0 Å². The number of aliphatic hydroxyl groups excluding tert-OH is 1. The highest BCUT2D eigenvalue weighted by atomic mass is 16.3. The molecule has 118 valence electrons. The molecule has 2 aromatic rings. The van der Waals surface area contributed by atoms with Crippen molar-refractivity contribution in [3.63, 3.8) is 0 Å². The van der Waals surface area contributed by atoms with Crippen LogP contribution in [0, 0.1) is 0 Å². The van der Waals surface area contributed by atoms with Gasteiger partial charge in [0.2, 0.25) is 0 Å². The van der Waals surface area contributed by atoms with Crippen molar-refractivity contribution in [1.82, 2.24) is 14.5 Å². The molecule has 0 spiro atoms. The summed E-state index contributed by atoms with van der Waals surface area (Å²) in [6, 6.07) is 8.01. The number of piperidine rings is 1. The molecule has 3 rings (SSSR count). The van der Waals surface area contributed by atoms with Crippen molar-refractivity contribution in [2.75, 3.05) is 6.61 Å². The highest BCUT2D eigenvalue weighted by molar-refractivity contribution is 5.77. The lowest BCUT2D eigenvalue weighted by molar-refractivity contribution is 0.0422. The van der Waals surface area contributed by atoms with Gasteiger partial charge in [-0.15, -0.1) is 0 Å².